The van der Waals surface area contributed by atoms with Crippen LogP contribution in [0.5, 0.6) is 0 Å². The van der Waals surface area contributed by atoms with Gasteiger partial charge in [0, 0.05) is 37.3 Å². The van der Waals surface area contributed by atoms with Gasteiger partial charge >= 0.3 is 5.97 Å². The van der Waals surface area contributed by atoms with Crippen molar-refractivity contribution in [3.05, 3.63) is 47.2 Å². The lowest BCUT2D eigenvalue weighted by atomic mass is 9.90. The van der Waals surface area contributed by atoms with Gasteiger partial charge < -0.3 is 15.2 Å². The summed E-state index contributed by atoms with van der Waals surface area (Å²) in [4.78, 5) is 24.0. The SMILES string of the molecule is O=C(NC1(C(=O)O)CCOCC1)c1ccn(-c2cccc(Cl)c2)n1. The number of hydrogen-bond acceptors (Lipinski definition) is 4. The molecule has 1 amide bonds. The van der Waals surface area contributed by atoms with Crippen LogP contribution in [0, 0.1) is 0 Å². The van der Waals surface area contributed by atoms with Crippen LogP contribution in [0.2, 0.25) is 5.02 Å². The Labute approximate surface area is 143 Å². The summed E-state index contributed by atoms with van der Waals surface area (Å²) < 4.78 is 6.70. The second-order valence-corrected chi connectivity index (χ2v) is 6.02. The van der Waals surface area contributed by atoms with Crippen molar-refractivity contribution in [1.82, 2.24) is 15.1 Å². The predicted molar refractivity (Wildman–Crippen MR) is 86.5 cm³/mol. The zero-order valence-electron chi connectivity index (χ0n) is 12.7. The molecule has 1 aromatic heterocycles. The summed E-state index contributed by atoms with van der Waals surface area (Å²) in [6.45, 7) is 0.590. The highest BCUT2D eigenvalue weighted by Gasteiger charge is 2.42. The van der Waals surface area contributed by atoms with E-state index < -0.39 is 17.4 Å². The molecule has 1 fully saturated rings. The fourth-order valence-electron chi connectivity index (χ4n) is 2.60. The molecule has 1 aliphatic heterocycles. The molecule has 3 rings (SSSR count). The first-order valence-electron chi connectivity index (χ1n) is 7.45. The van der Waals surface area contributed by atoms with E-state index in [0.717, 1.165) is 0 Å². The standard InChI is InChI=1S/C16H16ClN3O4/c17-11-2-1-3-12(10-11)20-7-4-13(19-20)14(21)18-16(15(22)23)5-8-24-9-6-16/h1-4,7,10H,5-6,8-9H2,(H,18,21)(H,22,23). The molecule has 0 radical (unpaired) electrons. The van der Waals surface area contributed by atoms with E-state index >= 15 is 0 Å². The van der Waals surface area contributed by atoms with E-state index in [1.165, 1.54) is 10.7 Å². The minimum atomic E-state index is -1.31. The maximum absolute atomic E-state index is 12.4. The molecule has 0 bridgehead atoms. The maximum Gasteiger partial charge on any atom is 0.329 e. The molecule has 2 aromatic rings. The van der Waals surface area contributed by atoms with E-state index in [2.05, 4.69) is 10.4 Å². The number of nitrogens with zero attached hydrogens (tertiary/aromatic N) is 2. The zero-order chi connectivity index (χ0) is 17.2. The van der Waals surface area contributed by atoms with Crippen molar-refractivity contribution in [2.45, 2.75) is 18.4 Å². The highest BCUT2D eigenvalue weighted by atomic mass is 35.5. The summed E-state index contributed by atoms with van der Waals surface area (Å²) in [5, 5.41) is 16.8. The van der Waals surface area contributed by atoms with E-state index in [1.54, 1.807) is 30.5 Å². The monoisotopic (exact) mass is 349 g/mol. The van der Waals surface area contributed by atoms with E-state index in [4.69, 9.17) is 16.3 Å². The predicted octanol–water partition coefficient (Wildman–Crippen LogP) is 1.89. The summed E-state index contributed by atoms with van der Waals surface area (Å²) in [5.74, 6) is -1.59. The maximum atomic E-state index is 12.4. The number of ether oxygens (including phenoxy) is 1. The van der Waals surface area contributed by atoms with Crippen molar-refractivity contribution in [2.75, 3.05) is 13.2 Å². The number of aromatic nitrogens is 2. The van der Waals surface area contributed by atoms with Crippen LogP contribution in [0.4, 0.5) is 0 Å². The van der Waals surface area contributed by atoms with E-state index in [1.807, 2.05) is 0 Å². The molecule has 1 aliphatic rings. The third-order valence-electron chi connectivity index (χ3n) is 4.00. The van der Waals surface area contributed by atoms with Crippen molar-refractivity contribution in [1.29, 1.82) is 0 Å². The van der Waals surface area contributed by atoms with E-state index in [-0.39, 0.29) is 18.5 Å². The van der Waals surface area contributed by atoms with Crippen LogP contribution in [-0.4, -0.2) is 45.5 Å². The van der Waals surface area contributed by atoms with Crippen LogP contribution < -0.4 is 5.32 Å². The Morgan fingerprint density at radius 1 is 1.29 bits per heavy atom. The molecule has 8 heteroatoms. The third-order valence-corrected chi connectivity index (χ3v) is 4.24. The highest BCUT2D eigenvalue weighted by molar-refractivity contribution is 6.30. The first-order valence-corrected chi connectivity index (χ1v) is 7.83. The van der Waals surface area contributed by atoms with Gasteiger partial charge in [0.1, 0.15) is 5.54 Å². The number of nitrogens with one attached hydrogen (secondary N) is 1. The molecular weight excluding hydrogens is 334 g/mol. The van der Waals surface area contributed by atoms with E-state index in [0.29, 0.717) is 23.9 Å². The molecule has 0 atom stereocenters. The summed E-state index contributed by atoms with van der Waals surface area (Å²) >= 11 is 5.95. The Bertz CT molecular complexity index is 768. The van der Waals surface area contributed by atoms with Gasteiger partial charge in [0.15, 0.2) is 5.69 Å². The number of carbonyl (C=O) groups is 2. The number of carbonyl (C=O) groups excluding carboxylic acids is 1. The average molecular weight is 350 g/mol. The largest absolute Gasteiger partial charge is 0.480 e. The highest BCUT2D eigenvalue weighted by Crippen LogP contribution is 2.22. The number of hydrogen-bond donors (Lipinski definition) is 2. The topological polar surface area (TPSA) is 93.5 Å². The Morgan fingerprint density at radius 2 is 2.04 bits per heavy atom. The van der Waals surface area contributed by atoms with Gasteiger partial charge in [-0.25, -0.2) is 9.48 Å². The van der Waals surface area contributed by atoms with Crippen LogP contribution in [0.25, 0.3) is 5.69 Å². The van der Waals surface area contributed by atoms with E-state index in [9.17, 15) is 14.7 Å². The van der Waals surface area contributed by atoms with Gasteiger partial charge in [-0.15, -0.1) is 0 Å². The molecule has 1 aromatic carbocycles. The second-order valence-electron chi connectivity index (χ2n) is 5.58. The molecule has 2 N–H and O–H groups in total. The second kappa shape index (κ2) is 6.62. The third kappa shape index (κ3) is 3.27. The summed E-state index contributed by atoms with van der Waals surface area (Å²) in [6, 6.07) is 8.57. The molecule has 0 unspecified atom stereocenters. The Hall–Kier alpha value is -2.38. The fraction of sp³-hybridized carbons (Fsp3) is 0.312. The Morgan fingerprint density at radius 3 is 2.71 bits per heavy atom. The van der Waals surface area contributed by atoms with Crippen molar-refractivity contribution in [3.8, 4) is 5.69 Å². The first-order chi connectivity index (χ1) is 11.5. The molecule has 24 heavy (non-hydrogen) atoms. The van der Waals surface area contributed by atoms with Crippen molar-refractivity contribution in [2.24, 2.45) is 0 Å². The molecule has 7 nitrogen and oxygen atoms in total. The van der Waals surface area contributed by atoms with Gasteiger partial charge in [-0.2, -0.15) is 5.10 Å². The quantitative estimate of drug-likeness (QED) is 0.879. The van der Waals surface area contributed by atoms with Gasteiger partial charge in [-0.1, -0.05) is 17.7 Å². The number of rotatable bonds is 4. The number of halogens is 1. The molecule has 2 heterocycles. The summed E-state index contributed by atoms with van der Waals surface area (Å²) in [7, 11) is 0. The van der Waals surface area contributed by atoms with Crippen LogP contribution in [0.3, 0.4) is 0 Å². The molecule has 0 saturated carbocycles. The van der Waals surface area contributed by atoms with Crippen molar-refractivity contribution >= 4 is 23.5 Å². The number of carboxylic acid groups (broad SMARTS) is 1. The van der Waals surface area contributed by atoms with Gasteiger partial charge in [0.25, 0.3) is 5.91 Å². The van der Waals surface area contributed by atoms with Crippen LogP contribution >= 0.6 is 11.6 Å². The number of benzene rings is 1. The Balaban J connectivity index is 1.79. The lowest BCUT2D eigenvalue weighted by molar-refractivity contribution is -0.148. The normalized spacial score (nSPS) is 16.5. The average Bonchev–Trinajstić information content (AvgIpc) is 3.06. The number of aliphatic carboxylic acids is 1. The number of carboxylic acids is 1. The zero-order valence-corrected chi connectivity index (χ0v) is 13.5. The fourth-order valence-corrected chi connectivity index (χ4v) is 2.79. The smallest absolute Gasteiger partial charge is 0.329 e. The molecular formula is C16H16ClN3O4. The van der Waals surface area contributed by atoms with Crippen LogP contribution in [0.15, 0.2) is 36.5 Å². The lowest BCUT2D eigenvalue weighted by Crippen LogP contribution is -2.57. The van der Waals surface area contributed by atoms with Crippen LogP contribution in [-0.2, 0) is 9.53 Å². The molecule has 0 spiro atoms. The van der Waals surface area contributed by atoms with Crippen molar-refractivity contribution in [3.63, 3.8) is 0 Å². The molecule has 0 aliphatic carbocycles. The Kier molecular flexibility index (Phi) is 4.55. The van der Waals surface area contributed by atoms with Crippen molar-refractivity contribution < 1.29 is 19.4 Å². The van der Waals surface area contributed by atoms with Gasteiger partial charge in [0.05, 0.1) is 5.69 Å². The lowest BCUT2D eigenvalue weighted by Gasteiger charge is -2.33. The van der Waals surface area contributed by atoms with Gasteiger partial charge in [0.2, 0.25) is 0 Å². The van der Waals surface area contributed by atoms with Crippen LogP contribution in [0.1, 0.15) is 23.3 Å². The number of amides is 1. The summed E-state index contributed by atoms with van der Waals surface area (Å²) in [6.07, 6.45) is 2.07. The van der Waals surface area contributed by atoms with Gasteiger partial charge in [-0.05, 0) is 24.3 Å². The summed E-state index contributed by atoms with van der Waals surface area (Å²) in [5.41, 5.74) is -0.461. The minimum absolute atomic E-state index is 0.141. The minimum Gasteiger partial charge on any atom is -0.480 e. The van der Waals surface area contributed by atoms with Gasteiger partial charge in [-0.3, -0.25) is 4.79 Å². The molecule has 1 saturated heterocycles. The molecule has 126 valence electrons. The first kappa shape index (κ1) is 16.5.